The van der Waals surface area contributed by atoms with E-state index in [0.29, 0.717) is 30.3 Å². The normalized spacial score (nSPS) is 22.2. The van der Waals surface area contributed by atoms with Gasteiger partial charge in [0, 0.05) is 4.88 Å². The summed E-state index contributed by atoms with van der Waals surface area (Å²) in [6, 6.07) is 0. The maximum absolute atomic E-state index is 12.2. The molecule has 3 N–H and O–H groups in total. The molecular weight excluding hydrogens is 286 g/mol. The van der Waals surface area contributed by atoms with E-state index in [0.717, 1.165) is 28.1 Å². The van der Waals surface area contributed by atoms with Crippen LogP contribution >= 0.6 is 11.3 Å². The quantitative estimate of drug-likeness (QED) is 0.907. The molecule has 2 unspecified atom stereocenters. The van der Waals surface area contributed by atoms with Crippen LogP contribution in [0.15, 0.2) is 4.79 Å². The second-order valence-corrected chi connectivity index (χ2v) is 6.96. The molecule has 1 fully saturated rings. The highest BCUT2D eigenvalue weighted by molar-refractivity contribution is 7.18. The molecule has 2 atom stereocenters. The van der Waals surface area contributed by atoms with Gasteiger partial charge in [-0.05, 0) is 44.7 Å². The number of aryl methyl sites for hydroxylation is 2. The Balaban J connectivity index is 1.80. The van der Waals surface area contributed by atoms with Gasteiger partial charge in [-0.3, -0.25) is 4.79 Å². The lowest BCUT2D eigenvalue weighted by molar-refractivity contribution is 0.0149. The molecule has 0 aromatic carbocycles. The van der Waals surface area contributed by atoms with Crippen LogP contribution in [0.2, 0.25) is 0 Å². The van der Waals surface area contributed by atoms with Crippen molar-refractivity contribution in [2.75, 3.05) is 6.54 Å². The molecule has 1 saturated carbocycles. The molecule has 2 aromatic rings. The van der Waals surface area contributed by atoms with Gasteiger partial charge in [0.05, 0.1) is 11.5 Å². The van der Waals surface area contributed by atoms with Gasteiger partial charge in [-0.25, -0.2) is 4.98 Å². The van der Waals surface area contributed by atoms with E-state index in [9.17, 15) is 4.79 Å². The van der Waals surface area contributed by atoms with Crippen molar-refractivity contribution in [3.63, 3.8) is 0 Å². The SMILES string of the molecule is Cc1sc2nc(COC3CCCC3CN)[nH]c(=O)c2c1C. The summed E-state index contributed by atoms with van der Waals surface area (Å²) in [6.07, 6.45) is 3.54. The van der Waals surface area contributed by atoms with Crippen molar-refractivity contribution in [2.45, 2.75) is 45.8 Å². The van der Waals surface area contributed by atoms with E-state index < -0.39 is 0 Å². The molecule has 0 spiro atoms. The molecule has 2 aromatic heterocycles. The highest BCUT2D eigenvalue weighted by atomic mass is 32.1. The third-order valence-electron chi connectivity index (χ3n) is 4.41. The summed E-state index contributed by atoms with van der Waals surface area (Å²) in [5, 5.41) is 0.710. The van der Waals surface area contributed by atoms with Gasteiger partial charge >= 0.3 is 0 Å². The van der Waals surface area contributed by atoms with E-state index in [1.807, 2.05) is 13.8 Å². The number of nitrogens with zero attached hydrogens (tertiary/aromatic N) is 1. The van der Waals surface area contributed by atoms with E-state index in [1.165, 1.54) is 6.42 Å². The summed E-state index contributed by atoms with van der Waals surface area (Å²) in [5.74, 6) is 1.04. The number of rotatable bonds is 4. The number of H-pyrrole nitrogens is 1. The summed E-state index contributed by atoms with van der Waals surface area (Å²) in [4.78, 5) is 21.5. The number of aromatic nitrogens is 2. The van der Waals surface area contributed by atoms with Gasteiger partial charge in [0.15, 0.2) is 0 Å². The summed E-state index contributed by atoms with van der Waals surface area (Å²) < 4.78 is 5.93. The van der Waals surface area contributed by atoms with Gasteiger partial charge in [0.25, 0.3) is 5.56 Å². The number of thiophene rings is 1. The lowest BCUT2D eigenvalue weighted by Crippen LogP contribution is -2.25. The first-order valence-electron chi connectivity index (χ1n) is 7.40. The molecule has 0 radical (unpaired) electrons. The second-order valence-electron chi connectivity index (χ2n) is 5.75. The zero-order valence-corrected chi connectivity index (χ0v) is 13.3. The Morgan fingerprint density at radius 2 is 2.24 bits per heavy atom. The lowest BCUT2D eigenvalue weighted by Gasteiger charge is -2.18. The first kappa shape index (κ1) is 14.7. The molecule has 0 aliphatic heterocycles. The number of nitrogens with one attached hydrogen (secondary N) is 1. The molecule has 0 bridgehead atoms. The average molecular weight is 307 g/mol. The van der Waals surface area contributed by atoms with E-state index in [2.05, 4.69) is 9.97 Å². The number of aromatic amines is 1. The topological polar surface area (TPSA) is 81.0 Å². The van der Waals surface area contributed by atoms with Crippen LogP contribution in [0.1, 0.15) is 35.5 Å². The minimum Gasteiger partial charge on any atom is -0.370 e. The fraction of sp³-hybridized carbons (Fsp3) is 0.600. The van der Waals surface area contributed by atoms with Gasteiger partial charge in [0.2, 0.25) is 0 Å². The van der Waals surface area contributed by atoms with Crippen molar-refractivity contribution in [3.8, 4) is 0 Å². The van der Waals surface area contributed by atoms with E-state index >= 15 is 0 Å². The maximum Gasteiger partial charge on any atom is 0.259 e. The molecule has 2 heterocycles. The van der Waals surface area contributed by atoms with Crippen LogP contribution in [-0.4, -0.2) is 22.6 Å². The summed E-state index contributed by atoms with van der Waals surface area (Å²) in [6.45, 7) is 4.99. The Bertz CT molecular complexity index is 707. The zero-order chi connectivity index (χ0) is 15.0. The van der Waals surface area contributed by atoms with Crippen molar-refractivity contribution in [1.29, 1.82) is 0 Å². The highest BCUT2D eigenvalue weighted by Gasteiger charge is 2.27. The molecule has 5 nitrogen and oxygen atoms in total. The molecule has 6 heteroatoms. The first-order chi connectivity index (χ1) is 10.1. The Morgan fingerprint density at radius 3 is 3.00 bits per heavy atom. The molecule has 114 valence electrons. The van der Waals surface area contributed by atoms with Crippen LogP contribution < -0.4 is 11.3 Å². The number of hydrogen-bond acceptors (Lipinski definition) is 5. The lowest BCUT2D eigenvalue weighted by atomic mass is 10.1. The Hall–Kier alpha value is -1.24. The van der Waals surface area contributed by atoms with Crippen molar-refractivity contribution < 1.29 is 4.74 Å². The van der Waals surface area contributed by atoms with E-state index in [1.54, 1.807) is 11.3 Å². The standard InChI is InChI=1S/C15H21N3O2S/c1-8-9(2)21-15-13(8)14(19)17-12(18-15)7-20-11-5-3-4-10(11)6-16/h10-11H,3-7,16H2,1-2H3,(H,17,18,19). The Morgan fingerprint density at radius 1 is 1.43 bits per heavy atom. The number of ether oxygens (including phenoxy) is 1. The summed E-state index contributed by atoms with van der Waals surface area (Å²) in [7, 11) is 0. The monoisotopic (exact) mass is 307 g/mol. The third kappa shape index (κ3) is 2.75. The Kier molecular flexibility index (Phi) is 4.10. The summed E-state index contributed by atoms with van der Waals surface area (Å²) in [5.41, 5.74) is 6.72. The fourth-order valence-corrected chi connectivity index (χ4v) is 4.09. The predicted molar refractivity (Wildman–Crippen MR) is 84.7 cm³/mol. The molecule has 3 rings (SSSR count). The third-order valence-corrected chi connectivity index (χ3v) is 5.52. The Labute approximate surface area is 127 Å². The number of fused-ring (bicyclic) bond motifs is 1. The van der Waals surface area contributed by atoms with Crippen LogP contribution in [0, 0.1) is 19.8 Å². The molecule has 1 aliphatic carbocycles. The predicted octanol–water partition coefficient (Wildman–Crippen LogP) is 2.25. The van der Waals surface area contributed by atoms with Crippen molar-refractivity contribution in [2.24, 2.45) is 11.7 Å². The van der Waals surface area contributed by atoms with Crippen LogP contribution in [0.25, 0.3) is 10.2 Å². The van der Waals surface area contributed by atoms with Crippen LogP contribution in [0.3, 0.4) is 0 Å². The number of hydrogen-bond donors (Lipinski definition) is 2. The summed E-state index contributed by atoms with van der Waals surface area (Å²) >= 11 is 1.56. The van der Waals surface area contributed by atoms with Gasteiger partial charge in [-0.15, -0.1) is 11.3 Å². The van der Waals surface area contributed by atoms with Crippen molar-refractivity contribution >= 4 is 21.6 Å². The average Bonchev–Trinajstić information content (AvgIpc) is 3.02. The first-order valence-corrected chi connectivity index (χ1v) is 8.22. The second kappa shape index (κ2) is 5.87. The zero-order valence-electron chi connectivity index (χ0n) is 12.4. The van der Waals surface area contributed by atoms with Crippen LogP contribution in [-0.2, 0) is 11.3 Å². The maximum atomic E-state index is 12.2. The van der Waals surface area contributed by atoms with Gasteiger partial charge in [-0.1, -0.05) is 6.42 Å². The van der Waals surface area contributed by atoms with E-state index in [4.69, 9.17) is 10.5 Å². The molecule has 1 aliphatic rings. The van der Waals surface area contributed by atoms with Crippen molar-refractivity contribution in [3.05, 3.63) is 26.6 Å². The van der Waals surface area contributed by atoms with Crippen molar-refractivity contribution in [1.82, 2.24) is 9.97 Å². The largest absolute Gasteiger partial charge is 0.370 e. The molecule has 0 amide bonds. The number of nitrogens with two attached hydrogens (primary N) is 1. The van der Waals surface area contributed by atoms with Crippen LogP contribution in [0.5, 0.6) is 0 Å². The minimum absolute atomic E-state index is 0.0674. The van der Waals surface area contributed by atoms with Gasteiger partial charge in [-0.2, -0.15) is 0 Å². The van der Waals surface area contributed by atoms with Gasteiger partial charge < -0.3 is 15.5 Å². The molecule has 21 heavy (non-hydrogen) atoms. The van der Waals surface area contributed by atoms with Gasteiger partial charge in [0.1, 0.15) is 17.3 Å². The molecule has 0 saturated heterocycles. The smallest absolute Gasteiger partial charge is 0.259 e. The van der Waals surface area contributed by atoms with E-state index in [-0.39, 0.29) is 11.7 Å². The van der Waals surface area contributed by atoms with Crippen LogP contribution in [0.4, 0.5) is 0 Å². The molecular formula is C15H21N3O2S. The minimum atomic E-state index is -0.0674. The fourth-order valence-electron chi connectivity index (χ4n) is 3.05. The highest BCUT2D eigenvalue weighted by Crippen LogP contribution is 2.28.